The van der Waals surface area contributed by atoms with Gasteiger partial charge in [-0.05, 0) is 36.6 Å². The van der Waals surface area contributed by atoms with Crippen molar-refractivity contribution < 1.29 is 4.79 Å². The highest BCUT2D eigenvalue weighted by Crippen LogP contribution is 2.12. The standard InChI is InChI=1S/C13H16N4O.C9H11N3/c1-16(7-8-17-6-2-3-13(17)18)12-5-4-11(9-14)10-15-12;1-2-4-8-5-3-6-12-9(8)10-7-11-12/h4-5,10H,2-3,6-8H2,1H3;3,5-7H,2,4H2,1H3. The number of likely N-dealkylation sites (N-methyl/N-ethyl adjacent to an activating group) is 1. The molecule has 0 aromatic carbocycles. The smallest absolute Gasteiger partial charge is 0.222 e. The van der Waals surface area contributed by atoms with Crippen LogP contribution in [-0.2, 0) is 11.2 Å². The van der Waals surface area contributed by atoms with E-state index in [0.29, 0.717) is 12.0 Å². The van der Waals surface area contributed by atoms with E-state index < -0.39 is 0 Å². The van der Waals surface area contributed by atoms with Crippen molar-refractivity contribution in [2.45, 2.75) is 32.6 Å². The fourth-order valence-electron chi connectivity index (χ4n) is 3.37. The summed E-state index contributed by atoms with van der Waals surface area (Å²) in [5.41, 5.74) is 2.82. The fraction of sp³-hybridized carbons (Fsp3) is 0.409. The first-order valence-electron chi connectivity index (χ1n) is 10.2. The Morgan fingerprint density at radius 1 is 1.27 bits per heavy atom. The van der Waals surface area contributed by atoms with Crippen molar-refractivity contribution in [1.29, 1.82) is 5.26 Å². The number of carbonyl (C=O) groups is 1. The number of hydrogen-bond donors (Lipinski definition) is 0. The molecule has 8 nitrogen and oxygen atoms in total. The zero-order chi connectivity index (χ0) is 21.3. The van der Waals surface area contributed by atoms with Crippen molar-refractivity contribution in [2.75, 3.05) is 31.6 Å². The Labute approximate surface area is 176 Å². The maximum absolute atomic E-state index is 11.5. The summed E-state index contributed by atoms with van der Waals surface area (Å²) in [7, 11) is 1.94. The van der Waals surface area contributed by atoms with Crippen LogP contribution >= 0.6 is 0 Å². The molecule has 4 heterocycles. The third kappa shape index (κ3) is 5.32. The van der Waals surface area contributed by atoms with E-state index in [1.54, 1.807) is 18.6 Å². The van der Waals surface area contributed by atoms with Crippen LogP contribution in [-0.4, -0.2) is 57.1 Å². The van der Waals surface area contributed by atoms with Gasteiger partial charge in [-0.25, -0.2) is 14.5 Å². The predicted octanol–water partition coefficient (Wildman–Crippen LogP) is 2.69. The van der Waals surface area contributed by atoms with Crippen LogP contribution < -0.4 is 4.90 Å². The number of nitriles is 1. The minimum absolute atomic E-state index is 0.246. The topological polar surface area (TPSA) is 90.4 Å². The molecule has 3 aromatic rings. The third-order valence-corrected chi connectivity index (χ3v) is 5.05. The van der Waals surface area contributed by atoms with Gasteiger partial charge >= 0.3 is 0 Å². The Kier molecular flexibility index (Phi) is 7.33. The lowest BCUT2D eigenvalue weighted by molar-refractivity contribution is -0.127. The first kappa shape index (κ1) is 21.2. The van der Waals surface area contributed by atoms with E-state index in [2.05, 4.69) is 28.1 Å². The number of nitrogens with zero attached hydrogens (tertiary/aromatic N) is 7. The molecule has 1 aliphatic rings. The molecule has 0 atom stereocenters. The Morgan fingerprint density at radius 2 is 2.13 bits per heavy atom. The summed E-state index contributed by atoms with van der Waals surface area (Å²) in [6.45, 7) is 4.52. The lowest BCUT2D eigenvalue weighted by Gasteiger charge is -2.22. The second kappa shape index (κ2) is 10.3. The third-order valence-electron chi connectivity index (χ3n) is 5.05. The molecule has 0 spiro atoms. The largest absolute Gasteiger partial charge is 0.358 e. The molecule has 1 aliphatic heterocycles. The number of anilines is 1. The number of hydrogen-bond acceptors (Lipinski definition) is 6. The summed E-state index contributed by atoms with van der Waals surface area (Å²) in [5.74, 6) is 1.07. The van der Waals surface area contributed by atoms with Crippen LogP contribution in [0.15, 0.2) is 43.0 Å². The maximum atomic E-state index is 11.5. The Bertz CT molecular complexity index is 1010. The van der Waals surface area contributed by atoms with Gasteiger partial charge in [0.25, 0.3) is 0 Å². The Morgan fingerprint density at radius 3 is 2.80 bits per heavy atom. The Balaban J connectivity index is 0.000000184. The normalized spacial score (nSPS) is 13.1. The molecular weight excluding hydrogens is 378 g/mol. The molecule has 0 unspecified atom stereocenters. The zero-order valence-corrected chi connectivity index (χ0v) is 17.5. The average molecular weight is 406 g/mol. The minimum Gasteiger partial charge on any atom is -0.358 e. The van der Waals surface area contributed by atoms with E-state index >= 15 is 0 Å². The highest BCUT2D eigenvalue weighted by Gasteiger charge is 2.19. The summed E-state index contributed by atoms with van der Waals surface area (Å²) < 4.78 is 1.81. The monoisotopic (exact) mass is 405 g/mol. The van der Waals surface area contributed by atoms with Crippen molar-refractivity contribution in [3.05, 3.63) is 54.1 Å². The number of amides is 1. The number of fused-ring (bicyclic) bond motifs is 1. The number of carbonyl (C=O) groups excluding carboxylic acids is 1. The molecule has 0 bridgehead atoms. The molecule has 3 aromatic heterocycles. The number of likely N-dealkylation sites (tertiary alicyclic amines) is 1. The SMILES string of the molecule is CCCc1cccn2ncnc12.CN(CCN1CCCC1=O)c1ccc(C#N)cn1. The Hall–Kier alpha value is -3.47. The van der Waals surface area contributed by atoms with Gasteiger partial charge in [0, 0.05) is 45.5 Å². The van der Waals surface area contributed by atoms with Crippen LogP contribution in [0.1, 0.15) is 37.3 Å². The molecule has 4 rings (SSSR count). The first-order valence-corrected chi connectivity index (χ1v) is 10.2. The maximum Gasteiger partial charge on any atom is 0.222 e. The van der Waals surface area contributed by atoms with E-state index in [4.69, 9.17) is 5.26 Å². The summed E-state index contributed by atoms with van der Waals surface area (Å²) in [5, 5.41) is 12.8. The summed E-state index contributed by atoms with van der Waals surface area (Å²) >= 11 is 0. The van der Waals surface area contributed by atoms with Crippen LogP contribution in [0.2, 0.25) is 0 Å². The molecule has 30 heavy (non-hydrogen) atoms. The van der Waals surface area contributed by atoms with E-state index in [-0.39, 0.29) is 5.91 Å². The highest BCUT2D eigenvalue weighted by atomic mass is 16.2. The molecule has 1 saturated heterocycles. The summed E-state index contributed by atoms with van der Waals surface area (Å²) in [6.07, 6.45) is 8.94. The predicted molar refractivity (Wildman–Crippen MR) is 115 cm³/mol. The highest BCUT2D eigenvalue weighted by molar-refractivity contribution is 5.78. The van der Waals surface area contributed by atoms with Crippen molar-refractivity contribution in [2.24, 2.45) is 0 Å². The molecule has 1 fully saturated rings. The number of pyridine rings is 2. The van der Waals surface area contributed by atoms with E-state index in [1.165, 1.54) is 5.56 Å². The lowest BCUT2D eigenvalue weighted by Crippen LogP contribution is -2.34. The van der Waals surface area contributed by atoms with E-state index in [9.17, 15) is 4.79 Å². The van der Waals surface area contributed by atoms with Crippen molar-refractivity contribution >= 4 is 17.4 Å². The summed E-state index contributed by atoms with van der Waals surface area (Å²) in [6, 6.07) is 9.73. The molecule has 156 valence electrons. The van der Waals surface area contributed by atoms with Gasteiger partial charge in [0.05, 0.1) is 5.56 Å². The lowest BCUT2D eigenvalue weighted by atomic mass is 10.2. The van der Waals surface area contributed by atoms with Crippen LogP contribution in [0, 0.1) is 11.3 Å². The second-order valence-electron chi connectivity index (χ2n) is 7.23. The zero-order valence-electron chi connectivity index (χ0n) is 17.5. The number of aryl methyl sites for hydroxylation is 1. The van der Waals surface area contributed by atoms with E-state index in [1.807, 2.05) is 45.8 Å². The second-order valence-corrected chi connectivity index (χ2v) is 7.23. The van der Waals surface area contributed by atoms with Crippen molar-refractivity contribution in [3.8, 4) is 6.07 Å². The molecule has 0 radical (unpaired) electrons. The van der Waals surface area contributed by atoms with Crippen molar-refractivity contribution in [3.63, 3.8) is 0 Å². The molecular formula is C22H27N7O. The first-order chi connectivity index (χ1) is 14.6. The minimum atomic E-state index is 0.246. The average Bonchev–Trinajstić information content (AvgIpc) is 3.42. The quantitative estimate of drug-likeness (QED) is 0.626. The van der Waals surface area contributed by atoms with Gasteiger partial charge in [-0.2, -0.15) is 10.4 Å². The fourth-order valence-corrected chi connectivity index (χ4v) is 3.37. The van der Waals surface area contributed by atoms with Gasteiger partial charge in [-0.3, -0.25) is 4.79 Å². The van der Waals surface area contributed by atoms with Gasteiger partial charge in [0.15, 0.2) is 5.65 Å². The number of aromatic nitrogens is 4. The van der Waals surface area contributed by atoms with Gasteiger partial charge in [-0.1, -0.05) is 19.4 Å². The van der Waals surface area contributed by atoms with Crippen LogP contribution in [0.25, 0.3) is 5.65 Å². The number of rotatable bonds is 6. The van der Waals surface area contributed by atoms with Crippen LogP contribution in [0.5, 0.6) is 0 Å². The van der Waals surface area contributed by atoms with E-state index in [0.717, 1.165) is 50.4 Å². The summed E-state index contributed by atoms with van der Waals surface area (Å²) in [4.78, 5) is 23.7. The molecule has 0 aliphatic carbocycles. The van der Waals surface area contributed by atoms with Crippen LogP contribution in [0.4, 0.5) is 5.82 Å². The molecule has 8 heteroatoms. The van der Waals surface area contributed by atoms with Gasteiger partial charge in [0.2, 0.25) is 5.91 Å². The van der Waals surface area contributed by atoms with Crippen LogP contribution in [0.3, 0.4) is 0 Å². The van der Waals surface area contributed by atoms with Crippen molar-refractivity contribution in [1.82, 2.24) is 24.5 Å². The molecule has 1 amide bonds. The molecule has 0 saturated carbocycles. The van der Waals surface area contributed by atoms with Gasteiger partial charge in [-0.15, -0.1) is 0 Å². The van der Waals surface area contributed by atoms with Gasteiger partial charge < -0.3 is 9.80 Å². The molecule has 0 N–H and O–H groups in total. The van der Waals surface area contributed by atoms with Gasteiger partial charge in [0.1, 0.15) is 18.2 Å².